The first-order chi connectivity index (χ1) is 7.27. The van der Waals surface area contributed by atoms with Gasteiger partial charge in [0.1, 0.15) is 5.82 Å². The molecule has 3 nitrogen and oxygen atoms in total. The summed E-state index contributed by atoms with van der Waals surface area (Å²) in [6.45, 7) is 8.79. The Kier molecular flexibility index (Phi) is 3.55. The van der Waals surface area contributed by atoms with Crippen molar-refractivity contribution in [3.05, 3.63) is 18.3 Å². The summed E-state index contributed by atoms with van der Waals surface area (Å²) in [7, 11) is -0.0188. The van der Waals surface area contributed by atoms with E-state index in [4.69, 9.17) is 0 Å². The number of hydrogen-bond donors (Lipinski definition) is 1. The Hall–Kier alpha value is -0.660. The van der Waals surface area contributed by atoms with Crippen LogP contribution in [0.3, 0.4) is 0 Å². The summed E-state index contributed by atoms with van der Waals surface area (Å²) >= 11 is 0. The van der Waals surface area contributed by atoms with E-state index in [-0.39, 0.29) is 7.92 Å². The minimum absolute atomic E-state index is 0.0188. The molecule has 82 valence electrons. The first-order valence-corrected chi connectivity index (χ1v) is 7.60. The van der Waals surface area contributed by atoms with Crippen LogP contribution in [0.5, 0.6) is 0 Å². The van der Waals surface area contributed by atoms with Crippen LogP contribution in [0.25, 0.3) is 0 Å². The Bertz CT molecular complexity index is 304. The third kappa shape index (κ3) is 2.67. The normalized spacial score (nSPS) is 17.1. The molecule has 1 fully saturated rings. The second-order valence-electron chi connectivity index (χ2n) is 4.01. The van der Waals surface area contributed by atoms with E-state index in [0.29, 0.717) is 0 Å². The standard InChI is InChI=1S/C11H18N3P/c1-15(2)10-3-4-11(13-9-10)14-7-5-12-6-8-14/h3-4,9,12H,5-8H2,1-2H3. The van der Waals surface area contributed by atoms with Crippen molar-refractivity contribution in [2.45, 2.75) is 0 Å². The van der Waals surface area contributed by atoms with Gasteiger partial charge in [0.25, 0.3) is 0 Å². The average Bonchev–Trinajstić information content (AvgIpc) is 2.30. The maximum absolute atomic E-state index is 4.54. The smallest absolute Gasteiger partial charge is 0.128 e. The van der Waals surface area contributed by atoms with Gasteiger partial charge in [-0.2, -0.15) is 0 Å². The topological polar surface area (TPSA) is 28.2 Å². The molecular formula is C11H18N3P. The molecular weight excluding hydrogens is 205 g/mol. The molecule has 4 heteroatoms. The van der Waals surface area contributed by atoms with Crippen molar-refractivity contribution in [1.82, 2.24) is 10.3 Å². The number of rotatable bonds is 2. The van der Waals surface area contributed by atoms with Crippen LogP contribution in [0, 0.1) is 0 Å². The summed E-state index contributed by atoms with van der Waals surface area (Å²) in [5, 5.41) is 4.73. The van der Waals surface area contributed by atoms with Crippen LogP contribution in [-0.4, -0.2) is 44.5 Å². The lowest BCUT2D eigenvalue weighted by Gasteiger charge is -2.28. The summed E-state index contributed by atoms with van der Waals surface area (Å²) in [5.41, 5.74) is 0. The number of nitrogens with zero attached hydrogens (tertiary/aromatic N) is 2. The lowest BCUT2D eigenvalue weighted by Crippen LogP contribution is -2.43. The summed E-state index contributed by atoms with van der Waals surface area (Å²) in [4.78, 5) is 6.88. The van der Waals surface area contributed by atoms with E-state index in [9.17, 15) is 0 Å². The lowest BCUT2D eigenvalue weighted by molar-refractivity contribution is 0.585. The predicted molar refractivity (Wildman–Crippen MR) is 67.7 cm³/mol. The quantitative estimate of drug-likeness (QED) is 0.754. The van der Waals surface area contributed by atoms with E-state index in [1.54, 1.807) is 0 Å². The van der Waals surface area contributed by atoms with Gasteiger partial charge >= 0.3 is 0 Å². The van der Waals surface area contributed by atoms with Gasteiger partial charge in [0.2, 0.25) is 0 Å². The van der Waals surface area contributed by atoms with Crippen LogP contribution in [0.4, 0.5) is 5.82 Å². The number of piperazine rings is 1. The molecule has 0 bridgehead atoms. The van der Waals surface area contributed by atoms with Crippen molar-refractivity contribution in [3.8, 4) is 0 Å². The summed E-state index contributed by atoms with van der Waals surface area (Å²) < 4.78 is 0. The molecule has 0 radical (unpaired) electrons. The maximum atomic E-state index is 4.54. The molecule has 1 aromatic rings. The fourth-order valence-electron chi connectivity index (χ4n) is 1.72. The van der Waals surface area contributed by atoms with Gasteiger partial charge in [-0.3, -0.25) is 0 Å². The molecule has 0 spiro atoms. The molecule has 0 unspecified atom stereocenters. The molecule has 0 saturated carbocycles. The van der Waals surface area contributed by atoms with Crippen LogP contribution in [0.15, 0.2) is 18.3 Å². The highest BCUT2D eigenvalue weighted by Crippen LogP contribution is 2.23. The highest BCUT2D eigenvalue weighted by atomic mass is 31.1. The van der Waals surface area contributed by atoms with Crippen LogP contribution in [-0.2, 0) is 0 Å². The highest BCUT2D eigenvalue weighted by Gasteiger charge is 2.11. The fourth-order valence-corrected chi connectivity index (χ4v) is 2.39. The minimum atomic E-state index is -0.0188. The predicted octanol–water partition coefficient (Wildman–Crippen LogP) is 0.858. The van der Waals surface area contributed by atoms with Crippen molar-refractivity contribution in [2.75, 3.05) is 44.4 Å². The molecule has 1 saturated heterocycles. The maximum Gasteiger partial charge on any atom is 0.128 e. The largest absolute Gasteiger partial charge is 0.354 e. The van der Waals surface area contributed by atoms with E-state index >= 15 is 0 Å². The van der Waals surface area contributed by atoms with Crippen LogP contribution in [0.2, 0.25) is 0 Å². The third-order valence-electron chi connectivity index (χ3n) is 2.69. The molecule has 1 N–H and O–H groups in total. The Morgan fingerprint density at radius 1 is 1.27 bits per heavy atom. The van der Waals surface area contributed by atoms with Gasteiger partial charge in [0.05, 0.1) is 0 Å². The lowest BCUT2D eigenvalue weighted by atomic mass is 10.3. The summed E-state index contributed by atoms with van der Waals surface area (Å²) in [5.74, 6) is 1.12. The minimum Gasteiger partial charge on any atom is -0.354 e. The molecule has 0 aromatic carbocycles. The third-order valence-corrected chi connectivity index (χ3v) is 3.99. The van der Waals surface area contributed by atoms with Crippen LogP contribution in [0.1, 0.15) is 0 Å². The van der Waals surface area contributed by atoms with Crippen molar-refractivity contribution < 1.29 is 0 Å². The van der Waals surface area contributed by atoms with Crippen molar-refractivity contribution >= 4 is 19.0 Å². The molecule has 0 amide bonds. The number of anilines is 1. The van der Waals surface area contributed by atoms with E-state index in [0.717, 1.165) is 32.0 Å². The van der Waals surface area contributed by atoms with E-state index in [1.165, 1.54) is 5.30 Å². The molecule has 0 aliphatic carbocycles. The van der Waals surface area contributed by atoms with E-state index in [2.05, 4.69) is 40.7 Å². The van der Waals surface area contributed by atoms with Gasteiger partial charge in [-0.05, 0) is 30.8 Å². The van der Waals surface area contributed by atoms with Gasteiger partial charge in [-0.15, -0.1) is 0 Å². The first-order valence-electron chi connectivity index (χ1n) is 5.36. The first kappa shape index (κ1) is 10.8. The summed E-state index contributed by atoms with van der Waals surface area (Å²) in [6.07, 6.45) is 2.03. The number of nitrogens with one attached hydrogen (secondary N) is 1. The van der Waals surface area contributed by atoms with Gasteiger partial charge in [-0.25, -0.2) is 4.98 Å². The van der Waals surface area contributed by atoms with Crippen molar-refractivity contribution in [2.24, 2.45) is 0 Å². The molecule has 1 aromatic heterocycles. The average molecular weight is 223 g/mol. The number of hydrogen-bond acceptors (Lipinski definition) is 3. The Morgan fingerprint density at radius 3 is 2.53 bits per heavy atom. The molecule has 15 heavy (non-hydrogen) atoms. The zero-order valence-corrected chi connectivity index (χ0v) is 10.3. The molecule has 2 heterocycles. The van der Waals surface area contributed by atoms with Crippen LogP contribution < -0.4 is 15.5 Å². The van der Waals surface area contributed by atoms with Gasteiger partial charge in [-0.1, -0.05) is 7.92 Å². The second-order valence-corrected chi connectivity index (χ2v) is 6.31. The zero-order chi connectivity index (χ0) is 10.7. The molecule has 1 aliphatic rings. The Morgan fingerprint density at radius 2 is 2.00 bits per heavy atom. The fraction of sp³-hybridized carbons (Fsp3) is 0.545. The van der Waals surface area contributed by atoms with E-state index < -0.39 is 0 Å². The Labute approximate surface area is 92.6 Å². The zero-order valence-electron chi connectivity index (χ0n) is 9.40. The van der Waals surface area contributed by atoms with Crippen molar-refractivity contribution in [3.63, 3.8) is 0 Å². The number of aromatic nitrogens is 1. The second kappa shape index (κ2) is 4.91. The number of pyridine rings is 1. The highest BCUT2D eigenvalue weighted by molar-refractivity contribution is 7.64. The Balaban J connectivity index is 2.08. The van der Waals surface area contributed by atoms with Crippen molar-refractivity contribution in [1.29, 1.82) is 0 Å². The molecule has 0 atom stereocenters. The van der Waals surface area contributed by atoms with Gasteiger partial charge in [0.15, 0.2) is 0 Å². The summed E-state index contributed by atoms with van der Waals surface area (Å²) in [6, 6.07) is 4.37. The molecule has 2 rings (SSSR count). The SMILES string of the molecule is CP(C)c1ccc(N2CCNCC2)nc1. The van der Waals surface area contributed by atoms with Gasteiger partial charge in [0, 0.05) is 32.4 Å². The van der Waals surface area contributed by atoms with Gasteiger partial charge < -0.3 is 10.2 Å². The van der Waals surface area contributed by atoms with E-state index in [1.807, 2.05) is 6.20 Å². The molecule has 1 aliphatic heterocycles. The van der Waals surface area contributed by atoms with Crippen LogP contribution >= 0.6 is 7.92 Å². The monoisotopic (exact) mass is 223 g/mol.